The summed E-state index contributed by atoms with van der Waals surface area (Å²) in [6.07, 6.45) is -9.69. The molecule has 3 aromatic rings. The van der Waals surface area contributed by atoms with Crippen LogP contribution in [0.25, 0.3) is 11.0 Å². The van der Waals surface area contributed by atoms with E-state index in [1.807, 2.05) is 0 Å². The molecule has 0 bridgehead atoms. The lowest BCUT2D eigenvalue weighted by Crippen LogP contribution is -2.50. The summed E-state index contributed by atoms with van der Waals surface area (Å²) in [7, 11) is 0. The number of aliphatic hydroxyl groups is 1. The highest BCUT2D eigenvalue weighted by Gasteiger charge is 2.52. The van der Waals surface area contributed by atoms with Crippen LogP contribution in [0.3, 0.4) is 0 Å². The number of hydrogen-bond acceptors (Lipinski definition) is 5. The lowest BCUT2D eigenvalue weighted by molar-refractivity contribution is -0.211. The van der Waals surface area contributed by atoms with E-state index in [1.54, 1.807) is 6.07 Å². The summed E-state index contributed by atoms with van der Waals surface area (Å²) in [5, 5.41) is 9.57. The van der Waals surface area contributed by atoms with Gasteiger partial charge in [-0.2, -0.15) is 22.0 Å². The fourth-order valence-corrected chi connectivity index (χ4v) is 3.14. The maximum Gasteiger partial charge on any atom is 0.483 e. The van der Waals surface area contributed by atoms with Crippen LogP contribution in [0.1, 0.15) is 17.2 Å². The van der Waals surface area contributed by atoms with Crippen LogP contribution in [-0.2, 0) is 11.3 Å². The average molecular weight is 425 g/mol. The van der Waals surface area contributed by atoms with E-state index in [2.05, 4.69) is 14.7 Å². The Kier molecular flexibility index (Phi) is 4.57. The number of carbonyl (C=O) groups excluding carboxylic acids is 1. The van der Waals surface area contributed by atoms with Gasteiger partial charge < -0.3 is 9.84 Å². The van der Waals surface area contributed by atoms with Crippen LogP contribution in [0.5, 0.6) is 5.75 Å². The summed E-state index contributed by atoms with van der Waals surface area (Å²) >= 11 is 0. The molecular formula is C19H12F5N3O3. The van der Waals surface area contributed by atoms with Gasteiger partial charge in [0.25, 0.3) is 0 Å². The molecule has 0 fully saturated rings. The highest BCUT2D eigenvalue weighted by Crippen LogP contribution is 2.47. The zero-order valence-electron chi connectivity index (χ0n) is 14.9. The number of carbonyl (C=O) groups is 1. The number of halogens is 5. The number of ether oxygens (including phenoxy) is 1. The molecule has 1 amide bonds. The number of aromatic nitrogens is 2. The van der Waals surface area contributed by atoms with Crippen molar-refractivity contribution >= 4 is 22.6 Å². The molecule has 156 valence electrons. The normalized spacial score (nSPS) is 16.9. The fraction of sp³-hybridized carbons (Fsp3) is 0.211. The number of para-hydroxylation sites is 1. The molecule has 0 aliphatic carbocycles. The van der Waals surface area contributed by atoms with Gasteiger partial charge in [-0.3, -0.25) is 19.7 Å². The van der Waals surface area contributed by atoms with E-state index in [1.165, 1.54) is 24.5 Å². The molecule has 0 saturated carbocycles. The number of fused-ring (bicyclic) bond motifs is 2. The number of nitrogens with zero attached hydrogens (tertiary/aromatic N) is 3. The van der Waals surface area contributed by atoms with E-state index < -0.39 is 35.6 Å². The second-order valence-corrected chi connectivity index (χ2v) is 6.53. The molecule has 1 N–H and O–H groups in total. The third-order valence-electron chi connectivity index (χ3n) is 4.52. The van der Waals surface area contributed by atoms with Gasteiger partial charge in [-0.05, 0) is 23.8 Å². The van der Waals surface area contributed by atoms with E-state index in [0.29, 0.717) is 21.5 Å². The second-order valence-electron chi connectivity index (χ2n) is 6.53. The lowest BCUT2D eigenvalue weighted by atomic mass is 10.0. The first kappa shape index (κ1) is 20.0. The highest BCUT2D eigenvalue weighted by molar-refractivity contribution is 6.01. The van der Waals surface area contributed by atoms with Crippen LogP contribution in [0, 0.1) is 0 Å². The maximum absolute atomic E-state index is 14.2. The first-order valence-electron chi connectivity index (χ1n) is 8.54. The Morgan fingerprint density at radius 3 is 2.50 bits per heavy atom. The van der Waals surface area contributed by atoms with Crippen LogP contribution in [-0.4, -0.2) is 33.3 Å². The Morgan fingerprint density at radius 1 is 1.10 bits per heavy atom. The number of benzene rings is 2. The van der Waals surface area contributed by atoms with Gasteiger partial charge in [0, 0.05) is 18.0 Å². The van der Waals surface area contributed by atoms with Crippen molar-refractivity contribution in [3.8, 4) is 5.75 Å². The fourth-order valence-electron chi connectivity index (χ4n) is 3.14. The third kappa shape index (κ3) is 3.41. The summed E-state index contributed by atoms with van der Waals surface area (Å²) in [5.74, 6) is -2.65. The first-order chi connectivity index (χ1) is 14.1. The standard InChI is InChI=1S/C19H12F5N3O3/c20-18(21,22)16(28)11-2-1-3-14-15(11)30-19(23,24)17(29)27(14)9-10-4-5-12-13(8-10)26-7-6-25-12/h1-8,16,28H,9H2/t16-/m1/s1. The Labute approximate surface area is 165 Å². The summed E-state index contributed by atoms with van der Waals surface area (Å²) in [6.45, 7) is -0.386. The molecule has 2 heterocycles. The van der Waals surface area contributed by atoms with E-state index in [-0.39, 0.29) is 12.2 Å². The minimum atomic E-state index is -5.11. The van der Waals surface area contributed by atoms with E-state index in [9.17, 15) is 31.9 Å². The van der Waals surface area contributed by atoms with Crippen LogP contribution < -0.4 is 9.64 Å². The van der Waals surface area contributed by atoms with Crippen molar-refractivity contribution in [2.45, 2.75) is 24.9 Å². The van der Waals surface area contributed by atoms with Crippen LogP contribution in [0.2, 0.25) is 0 Å². The SMILES string of the molecule is O=C1N(Cc2ccc3nccnc3c2)c2cccc([C@@H](O)C(F)(F)F)c2OC1(F)F. The molecule has 1 atom stereocenters. The number of aliphatic hydroxyl groups excluding tert-OH is 1. The molecule has 0 saturated heterocycles. The average Bonchev–Trinajstić information content (AvgIpc) is 2.69. The van der Waals surface area contributed by atoms with Gasteiger partial charge in [0.1, 0.15) is 0 Å². The Bertz CT molecular complexity index is 1140. The lowest BCUT2D eigenvalue weighted by Gasteiger charge is -2.35. The zero-order valence-corrected chi connectivity index (χ0v) is 14.9. The Hall–Kier alpha value is -3.34. The molecule has 2 aromatic carbocycles. The van der Waals surface area contributed by atoms with Gasteiger partial charge in [-0.25, -0.2) is 0 Å². The van der Waals surface area contributed by atoms with E-state index >= 15 is 0 Å². The van der Waals surface area contributed by atoms with Gasteiger partial charge in [-0.1, -0.05) is 18.2 Å². The smallest absolute Gasteiger partial charge is 0.423 e. The molecule has 1 aliphatic heterocycles. The molecule has 30 heavy (non-hydrogen) atoms. The number of amides is 1. The molecule has 11 heteroatoms. The molecular weight excluding hydrogens is 413 g/mol. The molecule has 0 radical (unpaired) electrons. The largest absolute Gasteiger partial charge is 0.483 e. The van der Waals surface area contributed by atoms with Crippen molar-refractivity contribution in [1.29, 1.82) is 0 Å². The Balaban J connectivity index is 1.79. The summed E-state index contributed by atoms with van der Waals surface area (Å²) in [4.78, 5) is 21.1. The topological polar surface area (TPSA) is 75.6 Å². The molecule has 0 spiro atoms. The first-order valence-corrected chi connectivity index (χ1v) is 8.54. The van der Waals surface area contributed by atoms with Crippen molar-refractivity contribution in [2.75, 3.05) is 4.90 Å². The van der Waals surface area contributed by atoms with Crippen LogP contribution in [0.15, 0.2) is 48.8 Å². The predicted octanol–water partition coefficient (Wildman–Crippen LogP) is 3.74. The number of anilines is 1. The minimum absolute atomic E-state index is 0.314. The second kappa shape index (κ2) is 6.87. The summed E-state index contributed by atoms with van der Waals surface area (Å²) in [6, 6.07) is 7.72. The van der Waals surface area contributed by atoms with Gasteiger partial charge >= 0.3 is 18.2 Å². The van der Waals surface area contributed by atoms with Crippen LogP contribution in [0.4, 0.5) is 27.6 Å². The third-order valence-corrected chi connectivity index (χ3v) is 4.52. The quantitative estimate of drug-likeness (QED) is 0.647. The van der Waals surface area contributed by atoms with Crippen molar-refractivity contribution in [1.82, 2.24) is 9.97 Å². The van der Waals surface area contributed by atoms with E-state index in [0.717, 1.165) is 18.2 Å². The number of alkyl halides is 5. The molecule has 6 nitrogen and oxygen atoms in total. The van der Waals surface area contributed by atoms with Gasteiger partial charge in [0.15, 0.2) is 11.9 Å². The zero-order chi connectivity index (χ0) is 21.7. The molecule has 0 unspecified atom stereocenters. The van der Waals surface area contributed by atoms with E-state index in [4.69, 9.17) is 0 Å². The van der Waals surface area contributed by atoms with Crippen molar-refractivity contribution in [3.63, 3.8) is 0 Å². The molecule has 1 aliphatic rings. The molecule has 4 rings (SSSR count). The van der Waals surface area contributed by atoms with Crippen molar-refractivity contribution in [2.24, 2.45) is 0 Å². The summed E-state index contributed by atoms with van der Waals surface area (Å²) < 4.78 is 71.7. The van der Waals surface area contributed by atoms with Crippen molar-refractivity contribution in [3.05, 3.63) is 59.9 Å². The summed E-state index contributed by atoms with van der Waals surface area (Å²) in [5.41, 5.74) is 0.147. The Morgan fingerprint density at radius 2 is 1.80 bits per heavy atom. The highest BCUT2D eigenvalue weighted by atomic mass is 19.4. The van der Waals surface area contributed by atoms with Crippen LogP contribution >= 0.6 is 0 Å². The van der Waals surface area contributed by atoms with Crippen molar-refractivity contribution < 1.29 is 36.6 Å². The van der Waals surface area contributed by atoms with Gasteiger partial charge in [0.2, 0.25) is 0 Å². The minimum Gasteiger partial charge on any atom is -0.423 e. The molecule has 1 aromatic heterocycles. The number of rotatable bonds is 3. The monoisotopic (exact) mass is 425 g/mol. The number of hydrogen-bond donors (Lipinski definition) is 1. The maximum atomic E-state index is 14.2. The van der Waals surface area contributed by atoms with Gasteiger partial charge in [-0.15, -0.1) is 0 Å². The predicted molar refractivity (Wildman–Crippen MR) is 93.8 cm³/mol. The van der Waals surface area contributed by atoms with Gasteiger partial charge in [0.05, 0.1) is 23.3 Å².